The topological polar surface area (TPSA) is 68.3 Å². The van der Waals surface area contributed by atoms with Crippen molar-refractivity contribution in [2.24, 2.45) is 0 Å². The van der Waals surface area contributed by atoms with Crippen molar-refractivity contribution in [1.29, 1.82) is 0 Å². The molecule has 0 spiro atoms. The van der Waals surface area contributed by atoms with Crippen LogP contribution in [0, 0.1) is 6.92 Å². The van der Waals surface area contributed by atoms with Gasteiger partial charge in [-0.05, 0) is 33.7 Å². The van der Waals surface area contributed by atoms with Crippen LogP contribution in [0.5, 0.6) is 0 Å². The molecule has 6 nitrogen and oxygen atoms in total. The van der Waals surface area contributed by atoms with E-state index in [4.69, 9.17) is 10.5 Å². The molecule has 6 heteroatoms. The first-order chi connectivity index (χ1) is 9.59. The summed E-state index contributed by atoms with van der Waals surface area (Å²) in [6.07, 6.45) is 1.10. The Morgan fingerprint density at radius 1 is 1.35 bits per heavy atom. The van der Waals surface area contributed by atoms with Gasteiger partial charge in [-0.15, -0.1) is 0 Å². The predicted molar refractivity (Wildman–Crippen MR) is 82.1 cm³/mol. The van der Waals surface area contributed by atoms with E-state index in [1.165, 1.54) is 0 Å². The molecule has 1 aliphatic rings. The number of nitrogens with two attached hydrogens (primary N) is 1. The third-order valence-electron chi connectivity index (χ3n) is 3.67. The summed E-state index contributed by atoms with van der Waals surface area (Å²) in [4.78, 5) is 2.44. The van der Waals surface area contributed by atoms with E-state index in [2.05, 4.69) is 29.2 Å². The zero-order valence-corrected chi connectivity index (χ0v) is 12.9. The largest absolute Gasteiger partial charge is 0.394 e. The van der Waals surface area contributed by atoms with Crippen LogP contribution in [0.4, 0.5) is 11.5 Å². The monoisotopic (exact) mass is 281 g/mol. The highest BCUT2D eigenvalue weighted by Crippen LogP contribution is 2.25. The standard InChI is InChI=1S/C14H27N5O/c1-11(2)19-14(13(15)12(3)17-19)16-5-4-6-18-7-9-20-10-8-18/h11,16H,4-10,15H2,1-3H3. The van der Waals surface area contributed by atoms with Crippen LogP contribution in [0.2, 0.25) is 0 Å². The van der Waals surface area contributed by atoms with E-state index < -0.39 is 0 Å². The molecule has 0 aliphatic carbocycles. The molecule has 1 saturated heterocycles. The minimum absolute atomic E-state index is 0.313. The van der Waals surface area contributed by atoms with Crippen LogP contribution in [0.25, 0.3) is 0 Å². The van der Waals surface area contributed by atoms with Gasteiger partial charge in [0.2, 0.25) is 0 Å². The molecule has 0 atom stereocenters. The Kier molecular flexibility index (Phi) is 5.25. The lowest BCUT2D eigenvalue weighted by atomic mass is 10.3. The van der Waals surface area contributed by atoms with Gasteiger partial charge in [-0.1, -0.05) is 0 Å². The highest BCUT2D eigenvalue weighted by molar-refractivity contribution is 5.64. The number of aryl methyl sites for hydroxylation is 1. The Balaban J connectivity index is 1.81. The van der Waals surface area contributed by atoms with Crippen molar-refractivity contribution in [2.75, 3.05) is 50.4 Å². The lowest BCUT2D eigenvalue weighted by molar-refractivity contribution is 0.0378. The molecule has 0 bridgehead atoms. The molecule has 114 valence electrons. The van der Waals surface area contributed by atoms with Crippen molar-refractivity contribution in [1.82, 2.24) is 14.7 Å². The van der Waals surface area contributed by atoms with Crippen LogP contribution >= 0.6 is 0 Å². The molecule has 0 unspecified atom stereocenters. The summed E-state index contributed by atoms with van der Waals surface area (Å²) in [5.41, 5.74) is 7.76. The number of anilines is 2. The second kappa shape index (κ2) is 6.95. The first-order valence-electron chi connectivity index (χ1n) is 7.48. The average Bonchev–Trinajstić information content (AvgIpc) is 2.73. The number of ether oxygens (including phenoxy) is 1. The van der Waals surface area contributed by atoms with Crippen LogP contribution in [-0.4, -0.2) is 54.1 Å². The van der Waals surface area contributed by atoms with Gasteiger partial charge in [0.15, 0.2) is 0 Å². The molecule has 0 radical (unpaired) electrons. The van der Waals surface area contributed by atoms with Gasteiger partial charge in [0, 0.05) is 25.7 Å². The molecule has 1 fully saturated rings. The minimum Gasteiger partial charge on any atom is -0.394 e. The van der Waals surface area contributed by atoms with Crippen molar-refractivity contribution in [3.05, 3.63) is 5.69 Å². The normalized spacial score (nSPS) is 16.8. The third kappa shape index (κ3) is 3.64. The van der Waals surface area contributed by atoms with Crippen LogP contribution in [-0.2, 0) is 4.74 Å². The van der Waals surface area contributed by atoms with Crippen LogP contribution in [0.1, 0.15) is 32.0 Å². The molecule has 0 amide bonds. The van der Waals surface area contributed by atoms with Crippen molar-refractivity contribution >= 4 is 11.5 Å². The molecule has 1 aromatic rings. The Bertz CT molecular complexity index is 423. The fourth-order valence-corrected chi connectivity index (χ4v) is 2.44. The summed E-state index contributed by atoms with van der Waals surface area (Å²) >= 11 is 0. The van der Waals surface area contributed by atoms with E-state index in [1.54, 1.807) is 0 Å². The zero-order chi connectivity index (χ0) is 14.5. The van der Waals surface area contributed by atoms with Crippen molar-refractivity contribution in [2.45, 2.75) is 33.2 Å². The second-order valence-electron chi connectivity index (χ2n) is 5.62. The van der Waals surface area contributed by atoms with Gasteiger partial charge in [0.1, 0.15) is 5.82 Å². The van der Waals surface area contributed by atoms with Gasteiger partial charge in [0.25, 0.3) is 0 Å². The SMILES string of the molecule is Cc1nn(C(C)C)c(NCCCN2CCOCC2)c1N. The quantitative estimate of drug-likeness (QED) is 0.773. The summed E-state index contributed by atoms with van der Waals surface area (Å²) in [6.45, 7) is 12.0. The number of nitrogen functional groups attached to an aromatic ring is 1. The highest BCUT2D eigenvalue weighted by atomic mass is 16.5. The summed E-state index contributed by atoms with van der Waals surface area (Å²) in [7, 11) is 0. The number of morpholine rings is 1. The first-order valence-corrected chi connectivity index (χ1v) is 7.48. The minimum atomic E-state index is 0.313. The van der Waals surface area contributed by atoms with Crippen molar-refractivity contribution < 1.29 is 4.74 Å². The van der Waals surface area contributed by atoms with Crippen LogP contribution < -0.4 is 11.1 Å². The Morgan fingerprint density at radius 3 is 2.70 bits per heavy atom. The second-order valence-corrected chi connectivity index (χ2v) is 5.62. The lowest BCUT2D eigenvalue weighted by Crippen LogP contribution is -2.37. The number of aromatic nitrogens is 2. The summed E-state index contributed by atoms with van der Waals surface area (Å²) in [6, 6.07) is 0.313. The van der Waals surface area contributed by atoms with E-state index in [0.29, 0.717) is 6.04 Å². The smallest absolute Gasteiger partial charge is 0.148 e. The summed E-state index contributed by atoms with van der Waals surface area (Å²) in [5.74, 6) is 0.958. The van der Waals surface area contributed by atoms with Gasteiger partial charge in [-0.25, -0.2) is 4.68 Å². The van der Waals surface area contributed by atoms with E-state index in [-0.39, 0.29) is 0 Å². The average molecular weight is 281 g/mol. The maximum absolute atomic E-state index is 6.09. The van der Waals surface area contributed by atoms with E-state index in [9.17, 15) is 0 Å². The molecule has 0 aromatic carbocycles. The first kappa shape index (κ1) is 15.1. The van der Waals surface area contributed by atoms with Gasteiger partial charge in [-0.2, -0.15) is 5.10 Å². The lowest BCUT2D eigenvalue weighted by Gasteiger charge is -2.26. The molecule has 20 heavy (non-hydrogen) atoms. The number of hydrogen-bond acceptors (Lipinski definition) is 5. The van der Waals surface area contributed by atoms with E-state index in [1.807, 2.05) is 11.6 Å². The number of hydrogen-bond donors (Lipinski definition) is 2. The van der Waals surface area contributed by atoms with Gasteiger partial charge < -0.3 is 15.8 Å². The molecular formula is C14H27N5O. The fraction of sp³-hybridized carbons (Fsp3) is 0.786. The van der Waals surface area contributed by atoms with Gasteiger partial charge in [0.05, 0.1) is 24.6 Å². The Labute approximate surface area is 121 Å². The molecule has 3 N–H and O–H groups in total. The number of rotatable bonds is 6. The fourth-order valence-electron chi connectivity index (χ4n) is 2.44. The van der Waals surface area contributed by atoms with E-state index >= 15 is 0 Å². The zero-order valence-electron chi connectivity index (χ0n) is 12.9. The number of nitrogens with zero attached hydrogens (tertiary/aromatic N) is 3. The summed E-state index contributed by atoms with van der Waals surface area (Å²) in [5, 5.41) is 7.92. The van der Waals surface area contributed by atoms with Crippen LogP contribution in [0.3, 0.4) is 0 Å². The Morgan fingerprint density at radius 2 is 2.05 bits per heavy atom. The van der Waals surface area contributed by atoms with Gasteiger partial charge in [-0.3, -0.25) is 4.90 Å². The molecule has 0 saturated carbocycles. The molecule has 1 aliphatic heterocycles. The third-order valence-corrected chi connectivity index (χ3v) is 3.67. The summed E-state index contributed by atoms with van der Waals surface area (Å²) < 4.78 is 7.32. The maximum Gasteiger partial charge on any atom is 0.148 e. The molecule has 2 rings (SSSR count). The Hall–Kier alpha value is -1.27. The predicted octanol–water partition coefficient (Wildman–Crippen LogP) is 1.49. The molecule has 2 heterocycles. The van der Waals surface area contributed by atoms with Crippen molar-refractivity contribution in [3.63, 3.8) is 0 Å². The maximum atomic E-state index is 6.09. The van der Waals surface area contributed by atoms with Crippen molar-refractivity contribution in [3.8, 4) is 0 Å². The molecular weight excluding hydrogens is 254 g/mol. The highest BCUT2D eigenvalue weighted by Gasteiger charge is 2.14. The molecule has 1 aromatic heterocycles. The van der Waals surface area contributed by atoms with Gasteiger partial charge >= 0.3 is 0 Å². The number of nitrogens with one attached hydrogen (secondary N) is 1. The van der Waals surface area contributed by atoms with Crippen LogP contribution in [0.15, 0.2) is 0 Å². The van der Waals surface area contributed by atoms with E-state index in [0.717, 1.165) is 63.0 Å².